The van der Waals surface area contributed by atoms with Crippen LogP contribution in [-0.2, 0) is 16.1 Å². The van der Waals surface area contributed by atoms with Crippen molar-refractivity contribution in [2.75, 3.05) is 26.2 Å². The van der Waals surface area contributed by atoms with Gasteiger partial charge in [0.25, 0.3) is 5.91 Å². The molecule has 0 N–H and O–H groups in total. The number of aryl methyl sites for hydroxylation is 1. The molecule has 2 fully saturated rings. The molecule has 2 heterocycles. The van der Waals surface area contributed by atoms with Gasteiger partial charge in [0.2, 0.25) is 11.8 Å². The Kier molecular flexibility index (Phi) is 5.53. The molecule has 156 valence electrons. The number of nitrogens with zero attached hydrogens (tertiary/aromatic N) is 3. The van der Waals surface area contributed by atoms with Gasteiger partial charge in [0.05, 0.1) is 0 Å². The molecule has 0 aliphatic carbocycles. The maximum Gasteiger partial charge on any atom is 0.253 e. The Morgan fingerprint density at radius 2 is 1.87 bits per heavy atom. The first-order chi connectivity index (χ1) is 14.4. The average Bonchev–Trinajstić information content (AvgIpc) is 2.95. The summed E-state index contributed by atoms with van der Waals surface area (Å²) >= 11 is 0. The summed E-state index contributed by atoms with van der Waals surface area (Å²) in [5.74, 6) is -0.746. The third-order valence-electron chi connectivity index (χ3n) is 5.72. The van der Waals surface area contributed by atoms with E-state index in [0.717, 1.165) is 5.56 Å². The first-order valence-corrected chi connectivity index (χ1v) is 10.1. The van der Waals surface area contributed by atoms with Crippen molar-refractivity contribution in [2.24, 2.45) is 0 Å². The van der Waals surface area contributed by atoms with E-state index >= 15 is 0 Å². The Morgan fingerprint density at radius 3 is 2.63 bits per heavy atom. The van der Waals surface area contributed by atoms with E-state index in [1.807, 2.05) is 25.1 Å². The van der Waals surface area contributed by atoms with Crippen LogP contribution in [0.4, 0.5) is 4.39 Å². The molecule has 2 aromatic rings. The molecule has 2 aromatic carbocycles. The standard InChI is InChI=1S/C23H24FN3O3/c1-16-4-2-6-18(12-16)22(29)25-9-8-20-23(30)26(15-21(28)27(20)11-10-25)14-17-5-3-7-19(24)13-17/h2-7,12-13,20H,8-11,14-15H2,1H3. The van der Waals surface area contributed by atoms with Gasteiger partial charge in [-0.1, -0.05) is 29.8 Å². The number of amides is 3. The molecule has 0 bridgehead atoms. The second-order valence-corrected chi connectivity index (χ2v) is 7.88. The predicted octanol–water partition coefficient (Wildman–Crippen LogP) is 2.22. The minimum atomic E-state index is -0.588. The Morgan fingerprint density at radius 1 is 1.07 bits per heavy atom. The summed E-state index contributed by atoms with van der Waals surface area (Å²) in [4.78, 5) is 43.5. The van der Waals surface area contributed by atoms with Gasteiger partial charge < -0.3 is 14.7 Å². The number of hydrogen-bond donors (Lipinski definition) is 0. The Labute approximate surface area is 174 Å². The van der Waals surface area contributed by atoms with E-state index < -0.39 is 6.04 Å². The number of carbonyl (C=O) groups excluding carboxylic acids is 3. The van der Waals surface area contributed by atoms with Gasteiger partial charge in [0, 0.05) is 31.7 Å². The third kappa shape index (κ3) is 4.06. The zero-order valence-corrected chi connectivity index (χ0v) is 16.9. The van der Waals surface area contributed by atoms with Crippen molar-refractivity contribution in [1.29, 1.82) is 0 Å². The molecule has 7 heteroatoms. The highest BCUT2D eigenvalue weighted by Crippen LogP contribution is 2.22. The largest absolute Gasteiger partial charge is 0.337 e. The molecule has 2 aliphatic rings. The van der Waals surface area contributed by atoms with E-state index in [1.165, 1.54) is 17.0 Å². The lowest BCUT2D eigenvalue weighted by Crippen LogP contribution is -2.59. The lowest BCUT2D eigenvalue weighted by Gasteiger charge is -2.39. The second kappa shape index (κ2) is 8.26. The highest BCUT2D eigenvalue weighted by Gasteiger charge is 2.41. The zero-order chi connectivity index (χ0) is 21.3. The lowest BCUT2D eigenvalue weighted by atomic mass is 10.1. The molecule has 3 amide bonds. The van der Waals surface area contributed by atoms with Crippen LogP contribution in [0.25, 0.3) is 0 Å². The van der Waals surface area contributed by atoms with E-state index in [1.54, 1.807) is 28.0 Å². The van der Waals surface area contributed by atoms with Crippen LogP contribution in [0.15, 0.2) is 48.5 Å². The molecule has 0 radical (unpaired) electrons. The van der Waals surface area contributed by atoms with Crippen molar-refractivity contribution < 1.29 is 18.8 Å². The van der Waals surface area contributed by atoms with Gasteiger partial charge in [0.1, 0.15) is 18.4 Å². The van der Waals surface area contributed by atoms with Crippen LogP contribution in [0, 0.1) is 12.7 Å². The molecule has 6 nitrogen and oxygen atoms in total. The fourth-order valence-electron chi connectivity index (χ4n) is 4.18. The summed E-state index contributed by atoms with van der Waals surface area (Å²) in [6.07, 6.45) is 0.391. The van der Waals surface area contributed by atoms with Crippen molar-refractivity contribution in [1.82, 2.24) is 14.7 Å². The van der Waals surface area contributed by atoms with Crippen molar-refractivity contribution in [2.45, 2.75) is 25.9 Å². The number of halogens is 1. The summed E-state index contributed by atoms with van der Waals surface area (Å²) in [7, 11) is 0. The van der Waals surface area contributed by atoms with Gasteiger partial charge in [0.15, 0.2) is 0 Å². The number of fused-ring (bicyclic) bond motifs is 1. The molecule has 2 saturated heterocycles. The molecule has 0 spiro atoms. The summed E-state index contributed by atoms with van der Waals surface area (Å²) in [6, 6.07) is 12.9. The van der Waals surface area contributed by atoms with Crippen LogP contribution in [0.1, 0.15) is 27.9 Å². The molecule has 4 rings (SSSR count). The van der Waals surface area contributed by atoms with Crippen LogP contribution < -0.4 is 0 Å². The summed E-state index contributed by atoms with van der Waals surface area (Å²) < 4.78 is 13.5. The minimum Gasteiger partial charge on any atom is -0.337 e. The van der Waals surface area contributed by atoms with Gasteiger partial charge >= 0.3 is 0 Å². The zero-order valence-electron chi connectivity index (χ0n) is 16.9. The number of benzene rings is 2. The van der Waals surface area contributed by atoms with Gasteiger partial charge in [-0.15, -0.1) is 0 Å². The molecule has 0 aromatic heterocycles. The van der Waals surface area contributed by atoms with E-state index in [-0.39, 0.29) is 36.6 Å². The number of hydrogen-bond acceptors (Lipinski definition) is 3. The smallest absolute Gasteiger partial charge is 0.253 e. The fourth-order valence-corrected chi connectivity index (χ4v) is 4.18. The van der Waals surface area contributed by atoms with Gasteiger partial charge in [-0.05, 0) is 43.2 Å². The fraction of sp³-hybridized carbons (Fsp3) is 0.348. The van der Waals surface area contributed by atoms with Crippen LogP contribution in [0.3, 0.4) is 0 Å². The molecule has 1 atom stereocenters. The molecule has 1 unspecified atom stereocenters. The van der Waals surface area contributed by atoms with E-state index in [9.17, 15) is 18.8 Å². The lowest BCUT2D eigenvalue weighted by molar-refractivity contribution is -0.156. The van der Waals surface area contributed by atoms with Crippen LogP contribution >= 0.6 is 0 Å². The van der Waals surface area contributed by atoms with Crippen LogP contribution in [-0.4, -0.2) is 64.6 Å². The van der Waals surface area contributed by atoms with Crippen molar-refractivity contribution >= 4 is 17.7 Å². The number of carbonyl (C=O) groups is 3. The van der Waals surface area contributed by atoms with Gasteiger partial charge in [-0.2, -0.15) is 0 Å². The molecular weight excluding hydrogens is 385 g/mol. The van der Waals surface area contributed by atoms with Crippen LogP contribution in [0.5, 0.6) is 0 Å². The first kappa shape index (κ1) is 20.1. The molecule has 2 aliphatic heterocycles. The summed E-state index contributed by atoms with van der Waals surface area (Å²) in [5.41, 5.74) is 2.26. The van der Waals surface area contributed by atoms with E-state index in [2.05, 4.69) is 0 Å². The molecular formula is C23H24FN3O3. The first-order valence-electron chi connectivity index (χ1n) is 10.1. The molecule has 30 heavy (non-hydrogen) atoms. The Balaban J connectivity index is 1.48. The van der Waals surface area contributed by atoms with Crippen molar-refractivity contribution in [3.8, 4) is 0 Å². The highest BCUT2D eigenvalue weighted by molar-refractivity contribution is 5.96. The van der Waals surface area contributed by atoms with Gasteiger partial charge in [-0.25, -0.2) is 4.39 Å². The normalized spacial score (nSPS) is 19.5. The van der Waals surface area contributed by atoms with Crippen LogP contribution in [0.2, 0.25) is 0 Å². The predicted molar refractivity (Wildman–Crippen MR) is 109 cm³/mol. The van der Waals surface area contributed by atoms with E-state index in [0.29, 0.717) is 37.2 Å². The summed E-state index contributed by atoms with van der Waals surface area (Å²) in [6.45, 7) is 3.23. The Bertz CT molecular complexity index is 993. The van der Waals surface area contributed by atoms with Gasteiger partial charge in [-0.3, -0.25) is 14.4 Å². The maximum atomic E-state index is 13.5. The topological polar surface area (TPSA) is 60.9 Å². The second-order valence-electron chi connectivity index (χ2n) is 7.88. The molecule has 0 saturated carbocycles. The summed E-state index contributed by atoms with van der Waals surface area (Å²) in [5, 5.41) is 0. The van der Waals surface area contributed by atoms with E-state index in [4.69, 9.17) is 0 Å². The maximum absolute atomic E-state index is 13.5. The Hall–Kier alpha value is -3.22. The average molecular weight is 409 g/mol. The SMILES string of the molecule is Cc1cccc(C(=O)N2CCC3C(=O)N(Cc4cccc(F)c4)CC(=O)N3CC2)c1. The highest BCUT2D eigenvalue weighted by atomic mass is 19.1. The van der Waals surface area contributed by atoms with Crippen molar-refractivity contribution in [3.63, 3.8) is 0 Å². The minimum absolute atomic E-state index is 0.0301. The number of rotatable bonds is 3. The number of piperazine rings is 1. The quantitative estimate of drug-likeness (QED) is 0.781. The monoisotopic (exact) mass is 409 g/mol. The third-order valence-corrected chi connectivity index (χ3v) is 5.72. The van der Waals surface area contributed by atoms with Crippen molar-refractivity contribution in [3.05, 3.63) is 71.0 Å².